The summed E-state index contributed by atoms with van der Waals surface area (Å²) in [5.74, 6) is 3.06. The van der Waals surface area contributed by atoms with Crippen molar-refractivity contribution in [3.05, 3.63) is 34.0 Å². The molecule has 9 heteroatoms. The number of morpholine rings is 1. The molecule has 2 aromatic rings. The lowest BCUT2D eigenvalue weighted by atomic mass is 10.2. The fourth-order valence-corrected chi connectivity index (χ4v) is 5.08. The van der Waals surface area contributed by atoms with Gasteiger partial charge in [-0.1, -0.05) is 12.5 Å². The number of aromatic nitrogens is 3. The van der Waals surface area contributed by atoms with E-state index >= 15 is 0 Å². The van der Waals surface area contributed by atoms with E-state index in [0.29, 0.717) is 6.04 Å². The topological polar surface area (TPSA) is 79.6 Å². The number of hydrogen-bond donors (Lipinski definition) is 2. The third-order valence-corrected chi connectivity index (χ3v) is 6.85. The van der Waals surface area contributed by atoms with Crippen molar-refractivity contribution >= 4 is 17.3 Å². The number of nitrogens with zero attached hydrogens (tertiary/aromatic N) is 5. The zero-order valence-corrected chi connectivity index (χ0v) is 18.7. The first kappa shape index (κ1) is 21.3. The van der Waals surface area contributed by atoms with E-state index in [1.54, 1.807) is 0 Å². The summed E-state index contributed by atoms with van der Waals surface area (Å²) in [5, 5.41) is 18.0. The van der Waals surface area contributed by atoms with Gasteiger partial charge in [0.15, 0.2) is 5.96 Å². The van der Waals surface area contributed by atoms with Gasteiger partial charge in [0.2, 0.25) is 0 Å². The molecule has 8 nitrogen and oxygen atoms in total. The second kappa shape index (κ2) is 10.9. The van der Waals surface area contributed by atoms with Gasteiger partial charge in [0.05, 0.1) is 19.3 Å². The summed E-state index contributed by atoms with van der Waals surface area (Å²) in [5.41, 5.74) is 0. The van der Waals surface area contributed by atoms with Gasteiger partial charge in [-0.15, -0.1) is 21.5 Å². The van der Waals surface area contributed by atoms with Crippen molar-refractivity contribution < 1.29 is 4.74 Å². The minimum atomic E-state index is 0.333. The highest BCUT2D eigenvalue weighted by Crippen LogP contribution is 2.25. The maximum Gasteiger partial charge on any atom is 0.191 e. The van der Waals surface area contributed by atoms with Gasteiger partial charge in [0.1, 0.15) is 11.6 Å². The van der Waals surface area contributed by atoms with E-state index in [-0.39, 0.29) is 0 Å². The standard InChI is InChI=1S/C21H33N7OS/c1-22-21(23-9-8-20-26-25-19-7-3-2-4-10-28(19)20)24-16-17(18-6-5-15-30-18)27-11-13-29-14-12-27/h5-6,15,17H,2-4,7-14,16H2,1H3,(H2,22,23,24). The summed E-state index contributed by atoms with van der Waals surface area (Å²) in [6.45, 7) is 6.20. The molecular formula is C21H33N7OS. The van der Waals surface area contributed by atoms with E-state index in [1.165, 1.54) is 24.1 Å². The van der Waals surface area contributed by atoms with E-state index in [0.717, 1.165) is 76.4 Å². The molecular weight excluding hydrogens is 398 g/mol. The van der Waals surface area contributed by atoms with E-state index in [2.05, 4.69) is 52.8 Å². The van der Waals surface area contributed by atoms with Gasteiger partial charge in [0.25, 0.3) is 0 Å². The average molecular weight is 432 g/mol. The Hall–Kier alpha value is -1.97. The summed E-state index contributed by atoms with van der Waals surface area (Å²) >= 11 is 1.81. The molecule has 30 heavy (non-hydrogen) atoms. The molecule has 2 N–H and O–H groups in total. The number of rotatable bonds is 7. The molecule has 164 valence electrons. The van der Waals surface area contributed by atoms with Gasteiger partial charge in [0, 0.05) is 57.5 Å². The SMILES string of the molecule is CN=C(NCCc1nnc2n1CCCCC2)NCC(c1cccs1)N1CCOCC1. The van der Waals surface area contributed by atoms with Crippen LogP contribution in [0.15, 0.2) is 22.5 Å². The Morgan fingerprint density at radius 1 is 1.20 bits per heavy atom. The molecule has 4 heterocycles. The lowest BCUT2D eigenvalue weighted by Gasteiger charge is -2.34. The Balaban J connectivity index is 1.29. The van der Waals surface area contributed by atoms with Crippen LogP contribution in [0, 0.1) is 0 Å². The zero-order valence-electron chi connectivity index (χ0n) is 17.8. The molecule has 0 radical (unpaired) electrons. The van der Waals surface area contributed by atoms with Crippen LogP contribution in [0.5, 0.6) is 0 Å². The number of nitrogens with one attached hydrogen (secondary N) is 2. The highest BCUT2D eigenvalue weighted by atomic mass is 32.1. The van der Waals surface area contributed by atoms with Crippen molar-refractivity contribution in [2.75, 3.05) is 46.4 Å². The van der Waals surface area contributed by atoms with Crippen LogP contribution in [-0.4, -0.2) is 72.1 Å². The summed E-state index contributed by atoms with van der Waals surface area (Å²) in [6.07, 6.45) is 5.63. The van der Waals surface area contributed by atoms with E-state index in [1.807, 2.05) is 18.4 Å². The van der Waals surface area contributed by atoms with Crippen LogP contribution < -0.4 is 10.6 Å². The van der Waals surface area contributed by atoms with Gasteiger partial charge in [-0.25, -0.2) is 0 Å². The largest absolute Gasteiger partial charge is 0.379 e. The highest BCUT2D eigenvalue weighted by molar-refractivity contribution is 7.10. The van der Waals surface area contributed by atoms with Crippen molar-refractivity contribution in [3.8, 4) is 0 Å². The number of aryl methyl sites for hydroxylation is 1. The Kier molecular flexibility index (Phi) is 7.71. The van der Waals surface area contributed by atoms with Crippen LogP contribution in [0.2, 0.25) is 0 Å². The monoisotopic (exact) mass is 431 g/mol. The lowest BCUT2D eigenvalue weighted by Crippen LogP contribution is -2.46. The third kappa shape index (κ3) is 5.39. The van der Waals surface area contributed by atoms with Crippen LogP contribution in [0.25, 0.3) is 0 Å². The third-order valence-electron chi connectivity index (χ3n) is 5.87. The average Bonchev–Trinajstić information content (AvgIpc) is 3.38. The molecule has 1 saturated heterocycles. The maximum absolute atomic E-state index is 5.54. The minimum Gasteiger partial charge on any atom is -0.379 e. The van der Waals surface area contributed by atoms with Crippen molar-refractivity contribution in [2.24, 2.45) is 4.99 Å². The van der Waals surface area contributed by atoms with Crippen molar-refractivity contribution in [1.29, 1.82) is 0 Å². The number of guanidine groups is 1. The fourth-order valence-electron chi connectivity index (χ4n) is 4.22. The summed E-state index contributed by atoms with van der Waals surface area (Å²) in [6, 6.07) is 4.68. The van der Waals surface area contributed by atoms with Gasteiger partial charge in [-0.3, -0.25) is 9.89 Å². The Morgan fingerprint density at radius 3 is 2.90 bits per heavy atom. The van der Waals surface area contributed by atoms with E-state index in [9.17, 15) is 0 Å². The quantitative estimate of drug-likeness (QED) is 0.515. The molecule has 2 aliphatic rings. The van der Waals surface area contributed by atoms with Crippen molar-refractivity contribution in [3.63, 3.8) is 0 Å². The molecule has 4 rings (SSSR count). The smallest absolute Gasteiger partial charge is 0.191 e. The first-order valence-electron chi connectivity index (χ1n) is 11.1. The van der Waals surface area contributed by atoms with Gasteiger partial charge in [-0.05, 0) is 24.3 Å². The first-order chi connectivity index (χ1) is 14.8. The predicted molar refractivity (Wildman–Crippen MR) is 120 cm³/mol. The fraction of sp³-hybridized carbons (Fsp3) is 0.667. The maximum atomic E-state index is 5.54. The van der Waals surface area contributed by atoms with Gasteiger partial charge in [-0.2, -0.15) is 0 Å². The molecule has 0 aliphatic carbocycles. The van der Waals surface area contributed by atoms with Gasteiger partial charge < -0.3 is 19.9 Å². The first-order valence-corrected chi connectivity index (χ1v) is 11.9. The Labute approximate surface area is 182 Å². The molecule has 1 atom stereocenters. The number of ether oxygens (including phenoxy) is 1. The lowest BCUT2D eigenvalue weighted by molar-refractivity contribution is 0.0177. The molecule has 0 amide bonds. The Bertz CT molecular complexity index is 798. The normalized spacial score (nSPS) is 19.2. The van der Waals surface area contributed by atoms with Crippen LogP contribution in [0.3, 0.4) is 0 Å². The van der Waals surface area contributed by atoms with Crippen LogP contribution in [0.4, 0.5) is 0 Å². The second-order valence-electron chi connectivity index (χ2n) is 7.80. The molecule has 2 aromatic heterocycles. The minimum absolute atomic E-state index is 0.333. The van der Waals surface area contributed by atoms with E-state index in [4.69, 9.17) is 4.74 Å². The molecule has 2 aliphatic heterocycles. The molecule has 0 bridgehead atoms. The predicted octanol–water partition coefficient (Wildman–Crippen LogP) is 1.85. The zero-order chi connectivity index (χ0) is 20.6. The van der Waals surface area contributed by atoms with Crippen LogP contribution in [0.1, 0.15) is 41.8 Å². The summed E-state index contributed by atoms with van der Waals surface area (Å²) in [4.78, 5) is 8.30. The van der Waals surface area contributed by atoms with Crippen molar-refractivity contribution in [1.82, 2.24) is 30.3 Å². The van der Waals surface area contributed by atoms with Crippen molar-refractivity contribution in [2.45, 2.75) is 44.7 Å². The summed E-state index contributed by atoms with van der Waals surface area (Å²) < 4.78 is 7.86. The number of fused-ring (bicyclic) bond motifs is 1. The molecule has 0 saturated carbocycles. The molecule has 0 spiro atoms. The van der Waals surface area contributed by atoms with Crippen LogP contribution in [-0.2, 0) is 24.1 Å². The molecule has 1 unspecified atom stereocenters. The number of aliphatic imine (C=N–C) groups is 1. The number of hydrogen-bond acceptors (Lipinski definition) is 6. The van der Waals surface area contributed by atoms with Gasteiger partial charge >= 0.3 is 0 Å². The summed E-state index contributed by atoms with van der Waals surface area (Å²) in [7, 11) is 1.83. The molecule has 0 aromatic carbocycles. The Morgan fingerprint density at radius 2 is 2.10 bits per heavy atom. The van der Waals surface area contributed by atoms with E-state index < -0.39 is 0 Å². The second-order valence-corrected chi connectivity index (χ2v) is 8.78. The highest BCUT2D eigenvalue weighted by Gasteiger charge is 2.23. The van der Waals surface area contributed by atoms with Crippen LogP contribution >= 0.6 is 11.3 Å². The number of thiophene rings is 1. The molecule has 1 fully saturated rings.